The summed E-state index contributed by atoms with van der Waals surface area (Å²) >= 11 is 1.49. The molecule has 2 aromatic rings. The van der Waals surface area contributed by atoms with E-state index >= 15 is 0 Å². The maximum absolute atomic E-state index is 11.4. The van der Waals surface area contributed by atoms with Crippen molar-refractivity contribution in [1.29, 1.82) is 0 Å². The molecule has 2 rings (SSSR count). The zero-order valence-corrected chi connectivity index (χ0v) is 7.47. The van der Waals surface area contributed by atoms with Gasteiger partial charge in [-0.3, -0.25) is 10.1 Å². The Morgan fingerprint density at radius 2 is 2.54 bits per heavy atom. The second-order valence-corrected chi connectivity index (χ2v) is 3.18. The number of aromatic amines is 1. The number of carbonyl (C=O) groups is 1. The lowest BCUT2D eigenvalue weighted by molar-refractivity contribution is 0.102. The van der Waals surface area contributed by atoms with Crippen LogP contribution in [-0.4, -0.2) is 15.9 Å². The molecule has 13 heavy (non-hydrogen) atoms. The van der Waals surface area contributed by atoms with E-state index in [0.29, 0.717) is 11.5 Å². The van der Waals surface area contributed by atoms with Crippen molar-refractivity contribution in [1.82, 2.24) is 9.97 Å². The van der Waals surface area contributed by atoms with Crippen molar-refractivity contribution < 1.29 is 4.79 Å². The molecule has 0 bridgehead atoms. The van der Waals surface area contributed by atoms with Gasteiger partial charge in [-0.15, -0.1) is 0 Å². The number of nitrogens with one attached hydrogen (secondary N) is 2. The zero-order valence-electron chi connectivity index (χ0n) is 6.65. The first-order valence-corrected chi connectivity index (χ1v) is 4.63. The number of amides is 1. The summed E-state index contributed by atoms with van der Waals surface area (Å²) < 4.78 is 0. The van der Waals surface area contributed by atoms with Crippen molar-refractivity contribution in [3.8, 4) is 0 Å². The number of anilines is 1. The van der Waals surface area contributed by atoms with Gasteiger partial charge < -0.3 is 4.98 Å². The maximum Gasteiger partial charge on any atom is 0.258 e. The van der Waals surface area contributed by atoms with E-state index in [4.69, 9.17) is 0 Å². The molecule has 2 N–H and O–H groups in total. The van der Waals surface area contributed by atoms with Crippen LogP contribution < -0.4 is 5.32 Å². The average Bonchev–Trinajstić information content (AvgIpc) is 2.74. The molecule has 4 nitrogen and oxygen atoms in total. The summed E-state index contributed by atoms with van der Waals surface area (Å²) in [7, 11) is 0. The Morgan fingerprint density at radius 1 is 1.62 bits per heavy atom. The highest BCUT2D eigenvalue weighted by atomic mass is 32.1. The fraction of sp³-hybridized carbons (Fsp3) is 0. The predicted octanol–water partition coefficient (Wildman–Crippen LogP) is 1.72. The minimum absolute atomic E-state index is 0.142. The van der Waals surface area contributed by atoms with Crippen LogP contribution in [0.4, 0.5) is 5.95 Å². The molecule has 0 unspecified atom stereocenters. The first kappa shape index (κ1) is 8.00. The predicted molar refractivity (Wildman–Crippen MR) is 50.9 cm³/mol. The molecule has 0 fully saturated rings. The SMILES string of the molecule is O=C(Nc1ncc[nH]1)c1ccsc1. The quantitative estimate of drug-likeness (QED) is 0.763. The van der Waals surface area contributed by atoms with Crippen molar-refractivity contribution in [2.24, 2.45) is 0 Å². The minimum Gasteiger partial charge on any atom is -0.331 e. The van der Waals surface area contributed by atoms with Gasteiger partial charge in [0.05, 0.1) is 5.56 Å². The molecule has 0 atom stereocenters. The molecular formula is C8H7N3OS. The number of aromatic nitrogens is 2. The molecule has 0 radical (unpaired) electrons. The van der Waals surface area contributed by atoms with Gasteiger partial charge in [0.25, 0.3) is 5.91 Å². The Bertz CT molecular complexity index is 379. The number of thiophene rings is 1. The van der Waals surface area contributed by atoms with Crippen LogP contribution in [0, 0.1) is 0 Å². The number of H-pyrrole nitrogens is 1. The first-order chi connectivity index (χ1) is 6.36. The summed E-state index contributed by atoms with van der Waals surface area (Å²) in [5.74, 6) is 0.326. The standard InChI is InChI=1S/C8H7N3OS/c12-7(6-1-4-13-5-6)11-8-9-2-3-10-8/h1-5H,(H2,9,10,11,12). The molecule has 1 amide bonds. The third-order valence-electron chi connectivity index (χ3n) is 1.51. The lowest BCUT2D eigenvalue weighted by atomic mass is 10.3. The highest BCUT2D eigenvalue weighted by Gasteiger charge is 2.06. The largest absolute Gasteiger partial charge is 0.331 e. The van der Waals surface area contributed by atoms with Gasteiger partial charge in [0, 0.05) is 17.8 Å². The number of hydrogen-bond donors (Lipinski definition) is 2. The smallest absolute Gasteiger partial charge is 0.258 e. The third kappa shape index (κ3) is 1.75. The first-order valence-electron chi connectivity index (χ1n) is 3.69. The molecule has 5 heteroatoms. The summed E-state index contributed by atoms with van der Waals surface area (Å²) in [6.45, 7) is 0. The molecule has 66 valence electrons. The second-order valence-electron chi connectivity index (χ2n) is 2.40. The van der Waals surface area contributed by atoms with E-state index in [9.17, 15) is 4.79 Å². The average molecular weight is 193 g/mol. The Balaban J connectivity index is 2.08. The van der Waals surface area contributed by atoms with E-state index in [1.54, 1.807) is 23.8 Å². The van der Waals surface area contributed by atoms with Crippen LogP contribution in [0.3, 0.4) is 0 Å². The van der Waals surface area contributed by atoms with Gasteiger partial charge in [-0.1, -0.05) is 0 Å². The molecule has 0 aliphatic heterocycles. The van der Waals surface area contributed by atoms with Gasteiger partial charge in [-0.05, 0) is 11.4 Å². The Kier molecular flexibility index (Phi) is 2.09. The Hall–Kier alpha value is -1.62. The maximum atomic E-state index is 11.4. The van der Waals surface area contributed by atoms with Crippen LogP contribution in [-0.2, 0) is 0 Å². The molecule has 0 saturated heterocycles. The second kappa shape index (κ2) is 3.40. The van der Waals surface area contributed by atoms with E-state index in [2.05, 4.69) is 15.3 Å². The Morgan fingerprint density at radius 3 is 3.15 bits per heavy atom. The van der Waals surface area contributed by atoms with E-state index in [1.165, 1.54) is 11.3 Å². The van der Waals surface area contributed by atoms with Crippen molar-refractivity contribution >= 4 is 23.2 Å². The van der Waals surface area contributed by atoms with Crippen LogP contribution in [0.5, 0.6) is 0 Å². The molecule has 0 aromatic carbocycles. The summed E-state index contributed by atoms with van der Waals surface area (Å²) in [5, 5.41) is 6.27. The van der Waals surface area contributed by atoms with Crippen molar-refractivity contribution in [2.45, 2.75) is 0 Å². The van der Waals surface area contributed by atoms with E-state index < -0.39 is 0 Å². The monoisotopic (exact) mass is 193 g/mol. The van der Waals surface area contributed by atoms with Crippen molar-refractivity contribution in [3.63, 3.8) is 0 Å². The highest BCUT2D eigenvalue weighted by Crippen LogP contribution is 2.07. The lowest BCUT2D eigenvalue weighted by Crippen LogP contribution is -2.11. The number of rotatable bonds is 2. The van der Waals surface area contributed by atoms with Crippen molar-refractivity contribution in [3.05, 3.63) is 34.8 Å². The van der Waals surface area contributed by atoms with E-state index in [-0.39, 0.29) is 5.91 Å². The minimum atomic E-state index is -0.142. The molecule has 0 aliphatic rings. The number of carbonyl (C=O) groups excluding carboxylic acids is 1. The van der Waals surface area contributed by atoms with Gasteiger partial charge in [0.1, 0.15) is 0 Å². The molecule has 2 heterocycles. The summed E-state index contributed by atoms with van der Waals surface area (Å²) in [6.07, 6.45) is 3.24. The van der Waals surface area contributed by atoms with Gasteiger partial charge in [0.2, 0.25) is 5.95 Å². The number of hydrogen-bond acceptors (Lipinski definition) is 3. The summed E-state index contributed by atoms with van der Waals surface area (Å²) in [6, 6.07) is 1.77. The summed E-state index contributed by atoms with van der Waals surface area (Å²) in [5.41, 5.74) is 0.654. The normalized spacial score (nSPS) is 9.85. The molecule has 0 saturated carbocycles. The van der Waals surface area contributed by atoms with E-state index in [1.807, 2.05) is 5.38 Å². The zero-order chi connectivity index (χ0) is 9.10. The number of imidazole rings is 1. The highest BCUT2D eigenvalue weighted by molar-refractivity contribution is 7.08. The van der Waals surface area contributed by atoms with Crippen molar-refractivity contribution in [2.75, 3.05) is 5.32 Å². The van der Waals surface area contributed by atoms with Gasteiger partial charge in [-0.2, -0.15) is 11.3 Å². The van der Waals surface area contributed by atoms with Gasteiger partial charge in [0.15, 0.2) is 0 Å². The fourth-order valence-corrected chi connectivity index (χ4v) is 1.54. The Labute approximate surface area is 78.6 Å². The van der Waals surface area contributed by atoms with Crippen LogP contribution in [0.25, 0.3) is 0 Å². The van der Waals surface area contributed by atoms with Gasteiger partial charge >= 0.3 is 0 Å². The van der Waals surface area contributed by atoms with Gasteiger partial charge in [-0.25, -0.2) is 4.98 Å². The van der Waals surface area contributed by atoms with Crippen LogP contribution in [0.2, 0.25) is 0 Å². The number of nitrogens with zero attached hydrogens (tertiary/aromatic N) is 1. The summed E-state index contributed by atoms with van der Waals surface area (Å²) in [4.78, 5) is 18.1. The topological polar surface area (TPSA) is 57.8 Å². The molecule has 0 spiro atoms. The molecule has 2 aromatic heterocycles. The van der Waals surface area contributed by atoms with E-state index in [0.717, 1.165) is 0 Å². The molecule has 0 aliphatic carbocycles. The third-order valence-corrected chi connectivity index (χ3v) is 2.20. The molecular weight excluding hydrogens is 186 g/mol. The lowest BCUT2D eigenvalue weighted by Gasteiger charge is -1.97. The fourth-order valence-electron chi connectivity index (χ4n) is 0.907. The van der Waals surface area contributed by atoms with Crippen LogP contribution in [0.1, 0.15) is 10.4 Å². The van der Waals surface area contributed by atoms with Crippen LogP contribution in [0.15, 0.2) is 29.2 Å². The van der Waals surface area contributed by atoms with Crippen LogP contribution >= 0.6 is 11.3 Å².